The van der Waals surface area contributed by atoms with E-state index in [0.29, 0.717) is 18.4 Å². The molecule has 0 spiro atoms. The fourth-order valence-corrected chi connectivity index (χ4v) is 2.83. The van der Waals surface area contributed by atoms with E-state index in [2.05, 4.69) is 13.8 Å². The van der Waals surface area contributed by atoms with Crippen molar-refractivity contribution >= 4 is 5.97 Å². The third-order valence-electron chi connectivity index (χ3n) is 4.20. The van der Waals surface area contributed by atoms with Crippen molar-refractivity contribution in [1.82, 2.24) is 0 Å². The fourth-order valence-electron chi connectivity index (χ4n) is 2.83. The summed E-state index contributed by atoms with van der Waals surface area (Å²) in [6, 6.07) is 0. The second-order valence-electron chi connectivity index (χ2n) is 6.17. The van der Waals surface area contributed by atoms with E-state index < -0.39 is 0 Å². The molecule has 1 N–H and O–H groups in total. The van der Waals surface area contributed by atoms with Gasteiger partial charge in [0.15, 0.2) is 0 Å². The molecule has 3 nitrogen and oxygen atoms in total. The lowest BCUT2D eigenvalue weighted by molar-refractivity contribution is -0.147. The van der Waals surface area contributed by atoms with Gasteiger partial charge in [0.1, 0.15) is 11.9 Å². The van der Waals surface area contributed by atoms with Crippen molar-refractivity contribution in [2.24, 2.45) is 0 Å². The molecule has 0 saturated heterocycles. The van der Waals surface area contributed by atoms with E-state index in [1.165, 1.54) is 38.5 Å². The highest BCUT2D eigenvalue weighted by Crippen LogP contribution is 2.26. The molecule has 1 rings (SSSR count). The molecule has 0 saturated carbocycles. The number of cyclic esters (lactones) is 1. The number of ether oxygens (including phenoxy) is 1. The lowest BCUT2D eigenvalue weighted by Crippen LogP contribution is -2.26. The maximum atomic E-state index is 12.0. The number of esters is 1. The molecule has 1 aliphatic rings. The summed E-state index contributed by atoms with van der Waals surface area (Å²) in [5, 5.41) is 10.1. The molecule has 3 heteroatoms. The number of unbranched alkanes of at least 4 members (excludes halogenated alkanes) is 7. The Morgan fingerprint density at radius 3 is 2.24 bits per heavy atom. The van der Waals surface area contributed by atoms with Crippen LogP contribution in [0.15, 0.2) is 11.3 Å². The maximum absolute atomic E-state index is 12.0. The Balaban J connectivity index is 2.30. The first-order valence-electron chi connectivity index (χ1n) is 8.81. The quantitative estimate of drug-likeness (QED) is 0.407. The van der Waals surface area contributed by atoms with Crippen LogP contribution < -0.4 is 0 Å². The Morgan fingerprint density at radius 2 is 1.62 bits per heavy atom. The summed E-state index contributed by atoms with van der Waals surface area (Å²) in [4.78, 5) is 12.0. The van der Waals surface area contributed by atoms with Gasteiger partial charge in [-0.15, -0.1) is 0 Å². The number of hydrogen-bond acceptors (Lipinski definition) is 3. The van der Waals surface area contributed by atoms with Crippen molar-refractivity contribution in [2.45, 2.75) is 97.0 Å². The molecule has 0 fully saturated rings. The van der Waals surface area contributed by atoms with Gasteiger partial charge in [0.05, 0.1) is 5.57 Å². The zero-order valence-electron chi connectivity index (χ0n) is 13.8. The van der Waals surface area contributed by atoms with Crippen molar-refractivity contribution in [2.75, 3.05) is 0 Å². The summed E-state index contributed by atoms with van der Waals surface area (Å²) < 4.78 is 5.48. The lowest BCUT2D eigenvalue weighted by Gasteiger charge is -2.24. The zero-order valence-corrected chi connectivity index (χ0v) is 13.8. The van der Waals surface area contributed by atoms with Crippen molar-refractivity contribution in [3.05, 3.63) is 11.3 Å². The fraction of sp³-hybridized carbons (Fsp3) is 0.833. The monoisotopic (exact) mass is 296 g/mol. The number of rotatable bonds is 11. The molecule has 1 aliphatic heterocycles. The van der Waals surface area contributed by atoms with Crippen LogP contribution in [0, 0.1) is 0 Å². The van der Waals surface area contributed by atoms with E-state index in [9.17, 15) is 9.90 Å². The molecule has 0 bridgehead atoms. The minimum absolute atomic E-state index is 0.112. The largest absolute Gasteiger partial charge is 0.512 e. The Hall–Kier alpha value is -0.990. The Labute approximate surface area is 129 Å². The second kappa shape index (κ2) is 10.7. The van der Waals surface area contributed by atoms with Crippen LogP contribution in [0.25, 0.3) is 0 Å². The summed E-state index contributed by atoms with van der Waals surface area (Å²) in [6.45, 7) is 4.37. The molecule has 0 amide bonds. The van der Waals surface area contributed by atoms with Crippen molar-refractivity contribution < 1.29 is 14.6 Å². The molecular formula is C18H32O3. The lowest BCUT2D eigenvalue weighted by atomic mass is 9.98. The number of hydrogen-bond donors (Lipinski definition) is 1. The highest BCUT2D eigenvalue weighted by atomic mass is 16.5. The van der Waals surface area contributed by atoms with Gasteiger partial charge < -0.3 is 9.84 Å². The van der Waals surface area contributed by atoms with Crippen LogP contribution in [0.3, 0.4) is 0 Å². The molecule has 0 aliphatic carbocycles. The van der Waals surface area contributed by atoms with Crippen molar-refractivity contribution in [3.8, 4) is 0 Å². The molecule has 0 aromatic carbocycles. The smallest absolute Gasteiger partial charge is 0.337 e. The molecule has 0 aromatic rings. The first kappa shape index (κ1) is 18.1. The predicted octanol–water partition coefficient (Wildman–Crippen LogP) is 5.44. The summed E-state index contributed by atoms with van der Waals surface area (Å²) in [6.07, 6.45) is 12.4. The third kappa shape index (κ3) is 7.01. The molecule has 1 atom stereocenters. The first-order chi connectivity index (χ1) is 10.2. The first-order valence-corrected chi connectivity index (χ1v) is 8.81. The highest BCUT2D eigenvalue weighted by Gasteiger charge is 2.28. The van der Waals surface area contributed by atoms with Crippen molar-refractivity contribution in [3.63, 3.8) is 0 Å². The van der Waals surface area contributed by atoms with E-state index in [-0.39, 0.29) is 17.8 Å². The Morgan fingerprint density at radius 1 is 1.00 bits per heavy atom. The van der Waals surface area contributed by atoms with E-state index in [1.54, 1.807) is 0 Å². The van der Waals surface area contributed by atoms with Gasteiger partial charge in [-0.05, 0) is 25.7 Å². The molecule has 0 radical (unpaired) electrons. The van der Waals surface area contributed by atoms with Crippen LogP contribution in [0.5, 0.6) is 0 Å². The van der Waals surface area contributed by atoms with Crippen LogP contribution in [0.2, 0.25) is 0 Å². The van der Waals surface area contributed by atoms with Gasteiger partial charge in [-0.2, -0.15) is 0 Å². The Bertz CT molecular complexity index is 333. The van der Waals surface area contributed by atoms with Gasteiger partial charge in [0, 0.05) is 6.42 Å². The van der Waals surface area contributed by atoms with Crippen LogP contribution in [-0.2, 0) is 9.53 Å². The van der Waals surface area contributed by atoms with Gasteiger partial charge in [-0.3, -0.25) is 0 Å². The van der Waals surface area contributed by atoms with E-state index in [0.717, 1.165) is 25.7 Å². The number of aliphatic hydroxyl groups excluding tert-OH is 1. The molecule has 1 unspecified atom stereocenters. The van der Waals surface area contributed by atoms with Crippen LogP contribution in [0.4, 0.5) is 0 Å². The second-order valence-corrected chi connectivity index (χ2v) is 6.17. The average Bonchev–Trinajstić information content (AvgIpc) is 2.45. The third-order valence-corrected chi connectivity index (χ3v) is 4.20. The average molecular weight is 296 g/mol. The molecular weight excluding hydrogens is 264 g/mol. The normalized spacial score (nSPS) is 19.0. The van der Waals surface area contributed by atoms with Crippen LogP contribution in [0.1, 0.15) is 90.9 Å². The topological polar surface area (TPSA) is 46.5 Å². The molecule has 0 aromatic heterocycles. The van der Waals surface area contributed by atoms with Gasteiger partial charge in [0.25, 0.3) is 0 Å². The SMILES string of the molecule is CCCCCCCC1CC(O)=C(CCCCCC)C(=O)O1. The molecule has 1 heterocycles. The predicted molar refractivity (Wildman–Crippen MR) is 86.3 cm³/mol. The summed E-state index contributed by atoms with van der Waals surface area (Å²) >= 11 is 0. The number of aliphatic hydroxyl groups is 1. The van der Waals surface area contributed by atoms with Gasteiger partial charge >= 0.3 is 5.97 Å². The summed E-state index contributed by atoms with van der Waals surface area (Å²) in [5.41, 5.74) is 0.522. The van der Waals surface area contributed by atoms with Crippen molar-refractivity contribution in [1.29, 1.82) is 0 Å². The standard InChI is InChI=1S/C18H32O3/c1-3-5-7-9-10-12-15-14-17(19)16(18(20)21-15)13-11-8-6-4-2/h15,19H,3-14H2,1-2H3. The summed E-state index contributed by atoms with van der Waals surface area (Å²) in [7, 11) is 0. The minimum atomic E-state index is -0.284. The van der Waals surface area contributed by atoms with E-state index in [4.69, 9.17) is 4.74 Å². The van der Waals surface area contributed by atoms with Gasteiger partial charge in [0.2, 0.25) is 0 Å². The van der Waals surface area contributed by atoms with E-state index >= 15 is 0 Å². The van der Waals surface area contributed by atoms with Crippen LogP contribution in [-0.4, -0.2) is 17.2 Å². The van der Waals surface area contributed by atoms with E-state index in [1.807, 2.05) is 0 Å². The van der Waals surface area contributed by atoms with Gasteiger partial charge in [-0.25, -0.2) is 4.79 Å². The number of carbonyl (C=O) groups excluding carboxylic acids is 1. The minimum Gasteiger partial charge on any atom is -0.512 e. The maximum Gasteiger partial charge on any atom is 0.337 e. The highest BCUT2D eigenvalue weighted by molar-refractivity contribution is 5.89. The van der Waals surface area contributed by atoms with Crippen LogP contribution >= 0.6 is 0 Å². The zero-order chi connectivity index (χ0) is 15.5. The molecule has 122 valence electrons. The molecule has 21 heavy (non-hydrogen) atoms. The number of carbonyl (C=O) groups is 1. The summed E-state index contributed by atoms with van der Waals surface area (Å²) in [5.74, 6) is -0.00452. The van der Waals surface area contributed by atoms with Gasteiger partial charge in [-0.1, -0.05) is 58.8 Å². The Kier molecular flexibility index (Phi) is 9.20.